The Morgan fingerprint density at radius 2 is 1.00 bits per heavy atom. The van der Waals surface area contributed by atoms with Crippen LogP contribution in [0, 0.1) is 156 Å². The van der Waals surface area contributed by atoms with Crippen LogP contribution in [0.3, 0.4) is 0 Å². The van der Waals surface area contributed by atoms with Gasteiger partial charge in [-0.15, -0.1) is 0 Å². The SMILES string of the molecule is CC(C)(COP(=O)(O)O)COP(=O)(O)O.[Ar].[Ar].[Ar].[Ar]. The third-order valence-corrected chi connectivity index (χ3v) is 2.18. The minimum atomic E-state index is -4.58. The molecule has 0 unspecified atom stereocenters. The Hall–Kier alpha value is 5.26. The van der Waals surface area contributed by atoms with Gasteiger partial charge in [-0.05, 0) is 0 Å². The second-order valence-corrected chi connectivity index (χ2v) is 6.17. The molecule has 0 aliphatic heterocycles. The fourth-order valence-electron chi connectivity index (χ4n) is 0.559. The number of phosphoric ester groups is 2. The Morgan fingerprint density at radius 3 is 1.16 bits per heavy atom. The molecule has 0 aromatic carbocycles. The summed E-state index contributed by atoms with van der Waals surface area (Å²) in [5.41, 5.74) is -0.914. The van der Waals surface area contributed by atoms with E-state index in [4.69, 9.17) is 19.6 Å². The molecule has 0 fully saturated rings. The van der Waals surface area contributed by atoms with Gasteiger partial charge in [-0.1, -0.05) is 13.8 Å². The Labute approximate surface area is 231 Å². The molecule has 0 atom stereocenters. The smallest absolute Gasteiger partial charge is 0.303 e. The molecule has 124 valence electrons. The maximum absolute atomic E-state index is 10.4. The molecule has 14 heteroatoms. The van der Waals surface area contributed by atoms with E-state index in [0.29, 0.717) is 0 Å². The first-order valence-electron chi connectivity index (χ1n) is 3.81. The first kappa shape index (κ1) is 35.4. The molecular weight excluding hydrogens is 410 g/mol. The number of hydrogen-bond acceptors (Lipinski definition) is 4. The summed E-state index contributed by atoms with van der Waals surface area (Å²) in [5.74, 6) is 0. The number of rotatable bonds is 6. The van der Waals surface area contributed by atoms with Gasteiger partial charge in [-0.3, -0.25) is 9.05 Å². The second-order valence-electron chi connectivity index (χ2n) is 3.69. The summed E-state index contributed by atoms with van der Waals surface area (Å²) in [6.07, 6.45) is 0. The van der Waals surface area contributed by atoms with Crippen LogP contribution in [0.15, 0.2) is 0 Å². The van der Waals surface area contributed by atoms with Crippen LogP contribution >= 0.6 is 15.6 Å². The molecule has 19 heavy (non-hydrogen) atoms. The predicted molar refractivity (Wildman–Crippen MR) is 49.8 cm³/mol. The molecule has 0 radical (unpaired) electrons. The fraction of sp³-hybridized carbons (Fsp3) is 1.00. The van der Waals surface area contributed by atoms with Crippen LogP contribution in [0.5, 0.6) is 0 Å². The van der Waals surface area contributed by atoms with E-state index in [0.717, 1.165) is 0 Å². The van der Waals surface area contributed by atoms with Crippen molar-refractivity contribution in [2.45, 2.75) is 13.8 Å². The minimum Gasteiger partial charge on any atom is -0.303 e. The van der Waals surface area contributed by atoms with Gasteiger partial charge in [0.2, 0.25) is 0 Å². The largest absolute Gasteiger partial charge is 0.469 e. The summed E-state index contributed by atoms with van der Waals surface area (Å²) >= 11 is 0. The molecule has 4 N–H and O–H groups in total. The quantitative estimate of drug-likeness (QED) is 0.446. The number of hydrogen-bond donors (Lipinski definition) is 4. The predicted octanol–water partition coefficient (Wildman–Crippen LogP) is 0.231. The van der Waals surface area contributed by atoms with E-state index >= 15 is 0 Å². The van der Waals surface area contributed by atoms with Crippen molar-refractivity contribution >= 4 is 15.6 Å². The summed E-state index contributed by atoms with van der Waals surface area (Å²) in [6.45, 7) is 2.21. The maximum Gasteiger partial charge on any atom is 0.469 e. The van der Waals surface area contributed by atoms with Crippen LogP contribution in [0.2, 0.25) is 0 Å². The van der Waals surface area contributed by atoms with Crippen molar-refractivity contribution in [2.24, 2.45) is 5.41 Å². The molecule has 0 bridgehead atoms. The standard InChI is InChI=1S/C5H14O8P2.4Ar/c1-5(2,3-12-14(6,7)8)4-13-15(9,10)11;;;;/h3-4H2,1-2H3,(H2,6,7,8)(H2,9,10,11);;;;. The molecule has 0 saturated carbocycles. The van der Waals surface area contributed by atoms with Gasteiger partial charge >= 0.3 is 15.6 Å². The molecule has 0 heterocycles. The van der Waals surface area contributed by atoms with E-state index in [-0.39, 0.29) is 164 Å². The van der Waals surface area contributed by atoms with E-state index in [2.05, 4.69) is 9.05 Å². The zero-order valence-electron chi connectivity index (χ0n) is 9.64. The summed E-state index contributed by atoms with van der Waals surface area (Å²) < 4.78 is 29.1. The van der Waals surface area contributed by atoms with Crippen molar-refractivity contribution in [3.8, 4) is 0 Å². The van der Waals surface area contributed by atoms with E-state index in [1.54, 1.807) is 0 Å². The van der Waals surface area contributed by atoms with Crippen molar-refractivity contribution < 1.29 is 189 Å². The van der Waals surface area contributed by atoms with Gasteiger partial charge < -0.3 is 19.6 Å². The first-order chi connectivity index (χ1) is 6.41. The van der Waals surface area contributed by atoms with Gasteiger partial charge in [0.05, 0.1) is 13.2 Å². The average Bonchev–Trinajstić information content (AvgIpc) is 1.96. The summed E-state index contributed by atoms with van der Waals surface area (Å²) in [4.78, 5) is 33.6. The van der Waals surface area contributed by atoms with Gasteiger partial charge in [0, 0.05) is 156 Å². The Balaban J connectivity index is -0.000000163. The van der Waals surface area contributed by atoms with Gasteiger partial charge in [0.1, 0.15) is 0 Å². The molecular formula is C5H14Ar4O8P2. The van der Waals surface area contributed by atoms with E-state index in [9.17, 15) is 9.13 Å². The van der Waals surface area contributed by atoms with Gasteiger partial charge in [0.25, 0.3) is 0 Å². The van der Waals surface area contributed by atoms with E-state index < -0.39 is 21.1 Å². The molecule has 0 aromatic heterocycles. The Kier molecular flexibility index (Phi) is 28.9. The van der Waals surface area contributed by atoms with Crippen molar-refractivity contribution in [3.63, 3.8) is 0 Å². The fourth-order valence-corrected chi connectivity index (χ4v) is 1.59. The van der Waals surface area contributed by atoms with Gasteiger partial charge in [0.15, 0.2) is 0 Å². The first-order valence-corrected chi connectivity index (χ1v) is 6.88. The Morgan fingerprint density at radius 1 is 0.789 bits per heavy atom. The van der Waals surface area contributed by atoms with E-state index in [1.807, 2.05) is 0 Å². The maximum atomic E-state index is 10.4. The minimum absolute atomic E-state index is 0. The molecule has 8 nitrogen and oxygen atoms in total. The Bertz CT molecular complexity index is 274. The summed E-state index contributed by atoms with van der Waals surface area (Å²) in [6, 6.07) is 0. The van der Waals surface area contributed by atoms with Crippen LogP contribution in [0.1, 0.15) is 13.8 Å². The summed E-state index contributed by atoms with van der Waals surface area (Å²) in [7, 11) is -9.15. The van der Waals surface area contributed by atoms with Gasteiger partial charge in [-0.25, -0.2) is 9.13 Å². The normalized spacial score (nSPS) is 11.3. The van der Waals surface area contributed by atoms with Gasteiger partial charge in [-0.2, -0.15) is 0 Å². The van der Waals surface area contributed by atoms with Crippen LogP contribution in [0.25, 0.3) is 0 Å². The van der Waals surface area contributed by atoms with Crippen LogP contribution < -0.4 is 0 Å². The second kappa shape index (κ2) is 15.5. The molecule has 0 rings (SSSR count). The van der Waals surface area contributed by atoms with Crippen molar-refractivity contribution in [1.82, 2.24) is 0 Å². The van der Waals surface area contributed by atoms with Crippen molar-refractivity contribution in [3.05, 3.63) is 0 Å². The molecule has 0 amide bonds. The molecule has 0 aliphatic rings. The van der Waals surface area contributed by atoms with Crippen LogP contribution in [-0.2, 0) is 18.2 Å². The monoisotopic (exact) mass is 424 g/mol. The molecule has 0 aromatic rings. The van der Waals surface area contributed by atoms with Crippen LogP contribution in [0.4, 0.5) is 0 Å². The van der Waals surface area contributed by atoms with Crippen molar-refractivity contribution in [2.75, 3.05) is 13.2 Å². The zero-order chi connectivity index (χ0) is 12.3. The molecule has 0 spiro atoms. The third-order valence-electron chi connectivity index (χ3n) is 1.25. The topological polar surface area (TPSA) is 134 Å². The van der Waals surface area contributed by atoms with Crippen LogP contribution in [-0.4, -0.2) is 32.8 Å². The van der Waals surface area contributed by atoms with Crippen molar-refractivity contribution in [1.29, 1.82) is 0 Å². The zero-order valence-corrected chi connectivity index (χ0v) is 14.3. The summed E-state index contributed by atoms with van der Waals surface area (Å²) in [5, 5.41) is 0. The molecule has 0 saturated heterocycles. The molecule has 0 aliphatic carbocycles. The van der Waals surface area contributed by atoms with E-state index in [1.165, 1.54) is 13.8 Å². The third kappa shape index (κ3) is 28.3. The average molecular weight is 424 g/mol. The number of phosphoric acid groups is 2.